The van der Waals surface area contributed by atoms with Crippen molar-refractivity contribution < 1.29 is 42.2 Å². The Morgan fingerprint density at radius 2 is 1.76 bits per heavy atom. The molecule has 72 heavy (non-hydrogen) atoms. The maximum atomic E-state index is 15.1. The number of likely N-dealkylation sites (N-methyl/N-ethyl adjacent to an activating group) is 2. The number of ether oxygens (including phenoxy) is 2. The van der Waals surface area contributed by atoms with Crippen LogP contribution in [0.15, 0.2) is 54.7 Å². The molecule has 15 nitrogen and oxygen atoms in total. The quantitative estimate of drug-likeness (QED) is 0.0943. The number of aryl methyl sites for hydroxylation is 1. The first-order valence-electron chi connectivity index (χ1n) is 25.8. The first-order valence-corrected chi connectivity index (χ1v) is 25.8. The highest BCUT2D eigenvalue weighted by molar-refractivity contribution is 5.96. The molecule has 9 rings (SSSR count). The van der Waals surface area contributed by atoms with E-state index in [2.05, 4.69) is 27.6 Å². The van der Waals surface area contributed by atoms with Crippen LogP contribution < -0.4 is 16.1 Å². The van der Waals surface area contributed by atoms with Crippen molar-refractivity contribution in [2.75, 3.05) is 40.9 Å². The molecule has 0 spiro atoms. The number of carbonyl (C=O) groups excluding carboxylic acids is 5. The minimum Gasteiger partial charge on any atom is -0.464 e. The average Bonchev–Trinajstić information content (AvgIpc) is 4.30. The van der Waals surface area contributed by atoms with Gasteiger partial charge in [0.2, 0.25) is 17.7 Å². The molecular weight excluding hydrogens is 923 g/mol. The molecule has 0 unspecified atom stereocenters. The van der Waals surface area contributed by atoms with E-state index < -0.39 is 53.7 Å². The largest absolute Gasteiger partial charge is 0.464 e. The van der Waals surface area contributed by atoms with Crippen LogP contribution in [0.1, 0.15) is 114 Å². The van der Waals surface area contributed by atoms with E-state index in [-0.39, 0.29) is 61.7 Å². The number of carbonyl (C=O) groups is 5. The summed E-state index contributed by atoms with van der Waals surface area (Å²) in [5.41, 5.74) is 8.32. The Kier molecular flexibility index (Phi) is 14.9. The third-order valence-electron chi connectivity index (χ3n) is 15.7. The van der Waals surface area contributed by atoms with Gasteiger partial charge in [0.05, 0.1) is 30.6 Å². The lowest BCUT2D eigenvalue weighted by atomic mass is 9.84. The van der Waals surface area contributed by atoms with Crippen molar-refractivity contribution in [1.82, 2.24) is 40.4 Å². The lowest BCUT2D eigenvalue weighted by molar-refractivity contribution is -0.155. The monoisotopic (exact) mass is 993 g/mol. The molecule has 0 radical (unpaired) electrons. The summed E-state index contributed by atoms with van der Waals surface area (Å²) in [5, 5.41) is 8.49. The van der Waals surface area contributed by atoms with E-state index in [1.54, 1.807) is 33.5 Å². The zero-order valence-electron chi connectivity index (χ0n) is 42.6. The van der Waals surface area contributed by atoms with Gasteiger partial charge in [0.15, 0.2) is 0 Å². The van der Waals surface area contributed by atoms with Crippen LogP contribution in [-0.4, -0.2) is 125 Å². The highest BCUT2D eigenvalue weighted by Gasteiger charge is 2.52. The van der Waals surface area contributed by atoms with Crippen molar-refractivity contribution in [2.45, 2.75) is 141 Å². The van der Waals surface area contributed by atoms with Gasteiger partial charge in [0.1, 0.15) is 24.2 Å². The number of alkyl halides is 2. The van der Waals surface area contributed by atoms with Gasteiger partial charge >= 0.3 is 5.97 Å². The second-order valence-corrected chi connectivity index (χ2v) is 21.6. The Bertz CT molecular complexity index is 2720. The Balaban J connectivity index is 1.11. The number of aromatic nitrogens is 2. The Labute approximate surface area is 420 Å². The van der Waals surface area contributed by atoms with E-state index in [1.165, 1.54) is 26.9 Å². The number of hydrazine groups is 1. The number of benzene rings is 2. The Morgan fingerprint density at radius 1 is 1.00 bits per heavy atom. The summed E-state index contributed by atoms with van der Waals surface area (Å²) < 4.78 is 44.4. The van der Waals surface area contributed by atoms with Crippen LogP contribution in [0.3, 0.4) is 0 Å². The summed E-state index contributed by atoms with van der Waals surface area (Å²) in [6.07, 6.45) is 4.95. The number of halogens is 2. The summed E-state index contributed by atoms with van der Waals surface area (Å²) in [4.78, 5) is 78.8. The molecule has 4 aromatic rings. The van der Waals surface area contributed by atoms with Crippen LogP contribution in [0, 0.1) is 17.3 Å². The van der Waals surface area contributed by atoms with Crippen molar-refractivity contribution >= 4 is 40.5 Å². The van der Waals surface area contributed by atoms with Crippen LogP contribution >= 0.6 is 0 Å². The number of cyclic esters (lactones) is 1. The smallest absolute Gasteiger partial charge is 0.324 e. The maximum absolute atomic E-state index is 15.1. The number of fused-ring (bicyclic) bond motifs is 6. The molecule has 4 amide bonds. The van der Waals surface area contributed by atoms with Gasteiger partial charge < -0.3 is 29.2 Å². The molecule has 386 valence electrons. The summed E-state index contributed by atoms with van der Waals surface area (Å²) in [5.74, 6) is -1.95. The van der Waals surface area contributed by atoms with Gasteiger partial charge in [-0.25, -0.2) is 14.2 Å². The van der Waals surface area contributed by atoms with Crippen molar-refractivity contribution in [2.24, 2.45) is 17.3 Å². The number of hydrogen-bond acceptors (Lipinski definition) is 10. The maximum Gasteiger partial charge on any atom is 0.324 e. The lowest BCUT2D eigenvalue weighted by Crippen LogP contribution is -2.62. The number of amides is 4. The number of nitrogens with one attached hydrogen (secondary N) is 3. The number of nitrogens with zero attached hydrogens (tertiary/aromatic N) is 5. The van der Waals surface area contributed by atoms with Crippen LogP contribution in [0.2, 0.25) is 0 Å². The Hall–Kier alpha value is -5.78. The minimum atomic E-state index is -2.85. The third-order valence-corrected chi connectivity index (χ3v) is 15.7. The first kappa shape index (κ1) is 51.1. The zero-order valence-corrected chi connectivity index (χ0v) is 42.6. The highest BCUT2D eigenvalue weighted by Crippen LogP contribution is 2.43. The number of methoxy groups -OCH3 is 1. The van der Waals surface area contributed by atoms with Crippen LogP contribution in [0.25, 0.3) is 33.3 Å². The summed E-state index contributed by atoms with van der Waals surface area (Å²) in [6, 6.07) is 11.2. The molecular formula is C55H70F2N8O7. The minimum absolute atomic E-state index is 0.0555. The molecule has 3 aliphatic heterocycles. The van der Waals surface area contributed by atoms with Crippen LogP contribution in [0.4, 0.5) is 8.78 Å². The predicted octanol–water partition coefficient (Wildman–Crippen LogP) is 6.91. The standard InChI is InChI=1S/C55H70F2N8O7/c1-8-64-43-20-19-35-27-39(43)40(49(64)38-15-11-21-58-45(38)31(2)71-7)28-55(3,4)30-72-54(70)41-16-12-22-65(61-41)52(68)42(25-32-23-36(35)26-37(24-32)50(56)57)59-51(67)48(34-13-9-10-14-34)63(6)44(66)29-62(5)53(69)47-46(60-47)33-17-18-33/h11,15,19-21,23-24,26-27,31,33-34,41-42,46-48,50,60-61H,8-10,12-14,16-18,22,25,28-30H2,1-7H3,(H,59,67)/t31-,41-,42-,46+,47+,48-/m0/s1. The summed E-state index contributed by atoms with van der Waals surface area (Å²) in [6.45, 7) is 8.75. The van der Waals surface area contributed by atoms with E-state index in [0.717, 1.165) is 59.1 Å². The fourth-order valence-corrected chi connectivity index (χ4v) is 11.5. The van der Waals surface area contributed by atoms with E-state index in [1.807, 2.05) is 51.1 Å². The zero-order chi connectivity index (χ0) is 51.2. The molecule has 5 heterocycles. The van der Waals surface area contributed by atoms with E-state index in [4.69, 9.17) is 14.5 Å². The van der Waals surface area contributed by atoms with Gasteiger partial charge in [-0.1, -0.05) is 44.9 Å². The molecule has 5 aliphatic rings. The van der Waals surface area contributed by atoms with Gasteiger partial charge in [-0.3, -0.25) is 39.3 Å². The number of hydrogen-bond donors (Lipinski definition) is 3. The second kappa shape index (κ2) is 21.0. The molecule has 6 atom stereocenters. The number of pyridine rings is 1. The van der Waals surface area contributed by atoms with E-state index in [9.17, 15) is 24.0 Å². The van der Waals surface area contributed by atoms with Crippen molar-refractivity contribution in [3.8, 4) is 22.4 Å². The lowest BCUT2D eigenvalue weighted by Gasteiger charge is -2.37. The molecule has 2 aromatic carbocycles. The van der Waals surface area contributed by atoms with E-state index >= 15 is 8.78 Å². The molecule has 2 saturated carbocycles. The average molecular weight is 993 g/mol. The molecule has 4 fully saturated rings. The van der Waals surface area contributed by atoms with Gasteiger partial charge in [-0.15, -0.1) is 0 Å². The van der Waals surface area contributed by atoms with E-state index in [0.29, 0.717) is 61.3 Å². The van der Waals surface area contributed by atoms with Gasteiger partial charge in [-0.05, 0) is 123 Å². The van der Waals surface area contributed by atoms with Gasteiger partial charge in [0, 0.05) is 80.4 Å². The Morgan fingerprint density at radius 3 is 2.47 bits per heavy atom. The molecule has 2 aromatic heterocycles. The van der Waals surface area contributed by atoms with Gasteiger partial charge in [-0.2, -0.15) is 0 Å². The predicted molar refractivity (Wildman–Crippen MR) is 268 cm³/mol. The third kappa shape index (κ3) is 10.7. The second-order valence-electron chi connectivity index (χ2n) is 21.6. The highest BCUT2D eigenvalue weighted by atomic mass is 19.3. The summed E-state index contributed by atoms with van der Waals surface area (Å²) >= 11 is 0. The molecule has 2 saturated heterocycles. The molecule has 6 bridgehead atoms. The number of rotatable bonds is 13. The molecule has 2 aliphatic carbocycles. The topological polar surface area (TPSA) is 177 Å². The normalized spacial score (nSPS) is 23.3. The van der Waals surface area contributed by atoms with Crippen molar-refractivity contribution in [3.63, 3.8) is 0 Å². The SMILES string of the molecule is CCn1c(-c2cccnc2[C@H](C)OC)c2c3cc(ccc31)-c1cc(cc(C(F)F)c1)C[C@H](NC(=O)[C@H](C1CCCC1)N(C)C(=O)CN(C)C(=O)[C@@H]1N[C@@H]1C1CC1)C(=O)N1CCC[C@H](N1)C(=O)OCC(C)(C)C2. The summed E-state index contributed by atoms with van der Waals surface area (Å²) in [7, 11) is 4.81. The first-order chi connectivity index (χ1) is 34.5. The fraction of sp³-hybridized carbons (Fsp3) is 0.564. The van der Waals surface area contributed by atoms with Crippen LogP contribution in [0.5, 0.6) is 0 Å². The fourth-order valence-electron chi connectivity index (χ4n) is 11.5. The molecule has 3 N–H and O–H groups in total. The number of esters is 1. The molecule has 17 heteroatoms. The van der Waals surface area contributed by atoms with Crippen molar-refractivity contribution in [3.05, 3.63) is 77.1 Å². The van der Waals surface area contributed by atoms with Crippen molar-refractivity contribution in [1.29, 1.82) is 0 Å². The van der Waals surface area contributed by atoms with Gasteiger partial charge in [0.25, 0.3) is 12.3 Å². The van der Waals surface area contributed by atoms with Crippen LogP contribution in [-0.2, 0) is 52.8 Å².